The van der Waals surface area contributed by atoms with E-state index in [0.29, 0.717) is 17.1 Å². The molecule has 0 aliphatic rings. The number of rotatable bonds is 7. The Morgan fingerprint density at radius 1 is 1.14 bits per heavy atom. The Hall–Kier alpha value is -2.33. The van der Waals surface area contributed by atoms with E-state index in [-0.39, 0.29) is 23.0 Å². The Bertz CT molecular complexity index is 1080. The van der Waals surface area contributed by atoms with Crippen LogP contribution in [0.15, 0.2) is 53.7 Å². The summed E-state index contributed by atoms with van der Waals surface area (Å²) < 4.78 is 27.1. The quantitative estimate of drug-likeness (QED) is 0.593. The molecule has 0 spiro atoms. The van der Waals surface area contributed by atoms with E-state index in [0.717, 1.165) is 9.88 Å². The number of aromatic nitrogens is 2. The molecule has 0 fully saturated rings. The van der Waals surface area contributed by atoms with Crippen molar-refractivity contribution in [3.05, 3.63) is 75.0 Å². The molecule has 28 heavy (non-hydrogen) atoms. The third-order valence-electron chi connectivity index (χ3n) is 3.72. The van der Waals surface area contributed by atoms with Crippen molar-refractivity contribution in [3.63, 3.8) is 0 Å². The lowest BCUT2D eigenvalue weighted by molar-refractivity contribution is 0.0946. The Morgan fingerprint density at radius 2 is 1.96 bits per heavy atom. The minimum absolute atomic E-state index is 0.0455. The molecule has 2 heterocycles. The van der Waals surface area contributed by atoms with E-state index in [4.69, 9.17) is 11.6 Å². The Balaban J connectivity index is 1.57. The molecule has 146 valence electrons. The fourth-order valence-electron chi connectivity index (χ4n) is 2.30. The van der Waals surface area contributed by atoms with Crippen molar-refractivity contribution >= 4 is 38.9 Å². The number of thiazole rings is 1. The molecule has 0 atom stereocenters. The van der Waals surface area contributed by atoms with Gasteiger partial charge < -0.3 is 5.32 Å². The van der Waals surface area contributed by atoms with Crippen molar-refractivity contribution in [1.82, 2.24) is 20.0 Å². The van der Waals surface area contributed by atoms with Gasteiger partial charge in [-0.2, -0.15) is 0 Å². The van der Waals surface area contributed by atoms with Crippen LogP contribution in [0.2, 0.25) is 5.02 Å². The van der Waals surface area contributed by atoms with Gasteiger partial charge in [-0.05, 0) is 36.8 Å². The Labute approximate surface area is 171 Å². The van der Waals surface area contributed by atoms with Gasteiger partial charge in [0.05, 0.1) is 16.4 Å². The van der Waals surface area contributed by atoms with Crippen molar-refractivity contribution in [2.45, 2.75) is 24.9 Å². The number of benzene rings is 1. The van der Waals surface area contributed by atoms with E-state index >= 15 is 0 Å². The summed E-state index contributed by atoms with van der Waals surface area (Å²) in [6.45, 7) is 2.33. The summed E-state index contributed by atoms with van der Waals surface area (Å²) in [6.07, 6.45) is 3.19. The van der Waals surface area contributed by atoms with E-state index in [1.165, 1.54) is 29.7 Å². The van der Waals surface area contributed by atoms with Crippen LogP contribution in [0.5, 0.6) is 0 Å². The lowest BCUT2D eigenvalue weighted by atomic mass is 10.2. The molecule has 1 amide bonds. The summed E-state index contributed by atoms with van der Waals surface area (Å²) in [4.78, 5) is 21.4. The zero-order valence-electron chi connectivity index (χ0n) is 14.8. The summed E-state index contributed by atoms with van der Waals surface area (Å²) in [7, 11) is -3.69. The van der Waals surface area contributed by atoms with Gasteiger partial charge >= 0.3 is 0 Å². The Morgan fingerprint density at radius 3 is 2.61 bits per heavy atom. The van der Waals surface area contributed by atoms with Gasteiger partial charge in [-0.25, -0.2) is 18.1 Å². The Kier molecular flexibility index (Phi) is 6.40. The van der Waals surface area contributed by atoms with Crippen molar-refractivity contribution in [2.75, 3.05) is 0 Å². The second-order valence-electron chi connectivity index (χ2n) is 5.86. The molecule has 7 nitrogen and oxygen atoms in total. The molecule has 0 aliphatic heterocycles. The first kappa shape index (κ1) is 20.4. The standard InChI is InChI=1S/C18H17ClN4O3S2/c1-12-20-10-15(27-12)11-22-18(24)17-6-5-13(8-21-17)9-23-28(25,26)16-4-2-3-14(19)7-16/h2-8,10,23H,9,11H2,1H3,(H,22,24). The van der Waals surface area contributed by atoms with Gasteiger partial charge in [0.15, 0.2) is 0 Å². The highest BCUT2D eigenvalue weighted by molar-refractivity contribution is 7.89. The highest BCUT2D eigenvalue weighted by Gasteiger charge is 2.14. The number of sulfonamides is 1. The van der Waals surface area contributed by atoms with Gasteiger partial charge in [-0.1, -0.05) is 23.7 Å². The molecule has 2 N–H and O–H groups in total. The summed E-state index contributed by atoms with van der Waals surface area (Å²) in [5, 5.41) is 4.05. The average Bonchev–Trinajstić information content (AvgIpc) is 3.10. The predicted octanol–water partition coefficient (Wildman–Crippen LogP) is 2.91. The predicted molar refractivity (Wildman–Crippen MR) is 108 cm³/mol. The number of aryl methyl sites for hydroxylation is 1. The fourth-order valence-corrected chi connectivity index (χ4v) is 4.36. The average molecular weight is 437 g/mol. The van der Waals surface area contributed by atoms with Crippen molar-refractivity contribution < 1.29 is 13.2 Å². The van der Waals surface area contributed by atoms with E-state index in [1.807, 2.05) is 6.92 Å². The highest BCUT2D eigenvalue weighted by atomic mass is 35.5. The van der Waals surface area contributed by atoms with Gasteiger partial charge in [-0.3, -0.25) is 9.78 Å². The minimum atomic E-state index is -3.69. The molecule has 10 heteroatoms. The zero-order chi connectivity index (χ0) is 20.1. The van der Waals surface area contributed by atoms with E-state index in [9.17, 15) is 13.2 Å². The second-order valence-corrected chi connectivity index (χ2v) is 9.38. The van der Waals surface area contributed by atoms with E-state index in [2.05, 4.69) is 20.0 Å². The van der Waals surface area contributed by atoms with Crippen LogP contribution in [0.3, 0.4) is 0 Å². The molecule has 3 aromatic rings. The monoisotopic (exact) mass is 436 g/mol. The molecular formula is C18H17ClN4O3S2. The smallest absolute Gasteiger partial charge is 0.270 e. The lowest BCUT2D eigenvalue weighted by Gasteiger charge is -2.08. The first-order valence-electron chi connectivity index (χ1n) is 8.23. The number of halogens is 1. The van der Waals surface area contributed by atoms with Crippen LogP contribution >= 0.6 is 22.9 Å². The summed E-state index contributed by atoms with van der Waals surface area (Å²) >= 11 is 7.35. The van der Waals surface area contributed by atoms with Gasteiger partial charge in [0, 0.05) is 28.8 Å². The van der Waals surface area contributed by atoms with Gasteiger partial charge in [-0.15, -0.1) is 11.3 Å². The lowest BCUT2D eigenvalue weighted by Crippen LogP contribution is -2.24. The molecule has 2 aromatic heterocycles. The fraction of sp³-hybridized carbons (Fsp3) is 0.167. The van der Waals surface area contributed by atoms with Crippen molar-refractivity contribution in [1.29, 1.82) is 0 Å². The molecule has 0 unspecified atom stereocenters. The van der Waals surface area contributed by atoms with Gasteiger partial charge in [0.1, 0.15) is 5.69 Å². The number of nitrogens with one attached hydrogen (secondary N) is 2. The van der Waals surface area contributed by atoms with E-state index in [1.54, 1.807) is 30.5 Å². The molecule has 0 saturated heterocycles. The first-order chi connectivity index (χ1) is 13.3. The van der Waals surface area contributed by atoms with E-state index < -0.39 is 10.0 Å². The van der Waals surface area contributed by atoms with Crippen LogP contribution in [0.4, 0.5) is 0 Å². The number of nitrogens with zero attached hydrogens (tertiary/aromatic N) is 2. The number of carbonyl (C=O) groups is 1. The molecule has 1 aromatic carbocycles. The largest absolute Gasteiger partial charge is 0.346 e. The SMILES string of the molecule is Cc1ncc(CNC(=O)c2ccc(CNS(=O)(=O)c3cccc(Cl)c3)cn2)s1. The van der Waals surface area contributed by atoms with Crippen molar-refractivity contribution in [3.8, 4) is 0 Å². The highest BCUT2D eigenvalue weighted by Crippen LogP contribution is 2.15. The summed E-state index contributed by atoms with van der Waals surface area (Å²) in [6, 6.07) is 9.21. The number of hydrogen-bond acceptors (Lipinski definition) is 6. The maximum absolute atomic E-state index is 12.3. The summed E-state index contributed by atoms with van der Waals surface area (Å²) in [5.74, 6) is -0.308. The van der Waals surface area contributed by atoms with Crippen LogP contribution < -0.4 is 10.0 Å². The first-order valence-corrected chi connectivity index (χ1v) is 10.9. The number of amides is 1. The van der Waals surface area contributed by atoms with Crippen LogP contribution in [0.25, 0.3) is 0 Å². The molecule has 0 aliphatic carbocycles. The maximum Gasteiger partial charge on any atom is 0.270 e. The molecule has 0 saturated carbocycles. The normalized spacial score (nSPS) is 11.4. The topological polar surface area (TPSA) is 101 Å². The number of pyridine rings is 1. The third kappa shape index (κ3) is 5.35. The number of hydrogen-bond donors (Lipinski definition) is 2. The summed E-state index contributed by atoms with van der Waals surface area (Å²) in [5.41, 5.74) is 0.878. The van der Waals surface area contributed by atoms with Gasteiger partial charge in [0.25, 0.3) is 5.91 Å². The van der Waals surface area contributed by atoms with Crippen LogP contribution in [-0.4, -0.2) is 24.3 Å². The molecule has 0 bridgehead atoms. The second kappa shape index (κ2) is 8.78. The van der Waals surface area contributed by atoms with Crippen LogP contribution in [-0.2, 0) is 23.1 Å². The molecule has 3 rings (SSSR count). The molecular weight excluding hydrogens is 420 g/mol. The van der Waals surface area contributed by atoms with Crippen LogP contribution in [0.1, 0.15) is 25.9 Å². The zero-order valence-corrected chi connectivity index (χ0v) is 17.2. The van der Waals surface area contributed by atoms with Crippen molar-refractivity contribution in [2.24, 2.45) is 0 Å². The maximum atomic E-state index is 12.3. The van der Waals surface area contributed by atoms with Crippen LogP contribution in [0, 0.1) is 6.92 Å². The molecule has 0 radical (unpaired) electrons. The van der Waals surface area contributed by atoms with Gasteiger partial charge in [0.2, 0.25) is 10.0 Å². The minimum Gasteiger partial charge on any atom is -0.346 e. The third-order valence-corrected chi connectivity index (χ3v) is 6.27. The number of carbonyl (C=O) groups excluding carboxylic acids is 1.